The Labute approximate surface area is 92.9 Å². The van der Waals surface area contributed by atoms with Crippen LogP contribution in [-0.4, -0.2) is 22.2 Å². The molecule has 1 aliphatic heterocycles. The van der Waals surface area contributed by atoms with Crippen LogP contribution in [0, 0.1) is 6.92 Å². The molecule has 6 heteroatoms. The van der Waals surface area contributed by atoms with Crippen LogP contribution in [0.15, 0.2) is 23.1 Å². The van der Waals surface area contributed by atoms with Gasteiger partial charge >= 0.3 is 6.18 Å². The van der Waals surface area contributed by atoms with E-state index in [0.29, 0.717) is 0 Å². The fraction of sp³-hybridized carbons (Fsp3) is 0.400. The quantitative estimate of drug-likeness (QED) is 0.707. The molecule has 0 saturated heterocycles. The number of rotatable bonds is 0. The van der Waals surface area contributed by atoms with Crippen molar-refractivity contribution < 1.29 is 22.1 Å². The van der Waals surface area contributed by atoms with Gasteiger partial charge in [-0.1, -0.05) is 6.07 Å². The van der Waals surface area contributed by atoms with Gasteiger partial charge in [-0.05, 0) is 24.6 Å². The second-order valence-electron chi connectivity index (χ2n) is 3.59. The highest BCUT2D eigenvalue weighted by Crippen LogP contribution is 2.36. The van der Waals surface area contributed by atoms with E-state index < -0.39 is 28.8 Å². The van der Waals surface area contributed by atoms with Gasteiger partial charge in [0.25, 0.3) is 0 Å². The molecule has 0 spiro atoms. The van der Waals surface area contributed by atoms with E-state index in [2.05, 4.69) is 0 Å². The van der Waals surface area contributed by atoms with Crippen molar-refractivity contribution in [3.63, 3.8) is 0 Å². The Balaban J connectivity index is 2.42. The molecule has 0 saturated carbocycles. The van der Waals surface area contributed by atoms with Crippen molar-refractivity contribution in [2.45, 2.75) is 23.2 Å². The summed E-state index contributed by atoms with van der Waals surface area (Å²) in [5, 5.41) is -1.93. The highest BCUT2D eigenvalue weighted by molar-refractivity contribution is 7.86. The van der Waals surface area contributed by atoms with E-state index >= 15 is 0 Å². The van der Waals surface area contributed by atoms with Crippen molar-refractivity contribution in [1.82, 2.24) is 0 Å². The Morgan fingerprint density at radius 2 is 2.12 bits per heavy atom. The third-order valence-electron chi connectivity index (χ3n) is 2.33. The smallest absolute Gasteiger partial charge is 0.406 e. The first kappa shape index (κ1) is 11.4. The Morgan fingerprint density at radius 3 is 2.75 bits per heavy atom. The molecule has 1 aromatic carbocycles. The molecule has 0 unspecified atom stereocenters. The van der Waals surface area contributed by atoms with Crippen molar-refractivity contribution in [2.24, 2.45) is 0 Å². The number of hydrogen-bond donors (Lipinski definition) is 0. The zero-order chi connectivity index (χ0) is 11.9. The Bertz CT molecular complexity index is 442. The zero-order valence-electron chi connectivity index (χ0n) is 8.38. The van der Waals surface area contributed by atoms with Gasteiger partial charge in [-0.15, -0.1) is 0 Å². The van der Waals surface area contributed by atoms with Crippen molar-refractivity contribution >= 4 is 10.8 Å². The van der Waals surface area contributed by atoms with Gasteiger partial charge < -0.3 is 4.74 Å². The lowest BCUT2D eigenvalue weighted by atomic mass is 10.2. The highest BCUT2D eigenvalue weighted by atomic mass is 32.2. The number of fused-ring (bicyclic) bond motifs is 1. The Hall–Kier alpha value is -1.04. The monoisotopic (exact) mass is 250 g/mol. The second-order valence-corrected chi connectivity index (χ2v) is 5.19. The summed E-state index contributed by atoms with van der Waals surface area (Å²) in [6, 6.07) is 4.74. The molecule has 0 aromatic heterocycles. The summed E-state index contributed by atoms with van der Waals surface area (Å²) >= 11 is 0. The Kier molecular flexibility index (Phi) is 2.69. The summed E-state index contributed by atoms with van der Waals surface area (Å²) in [4.78, 5) is 0.133. The van der Waals surface area contributed by atoms with E-state index in [0.717, 1.165) is 5.56 Å². The van der Waals surface area contributed by atoms with Crippen LogP contribution >= 0.6 is 0 Å². The number of hydrogen-bond acceptors (Lipinski definition) is 2. The van der Waals surface area contributed by atoms with Gasteiger partial charge in [-0.3, -0.25) is 4.21 Å². The van der Waals surface area contributed by atoms with Gasteiger partial charge in [0.05, 0.1) is 15.7 Å². The standard InChI is InChI=1S/C10H9F3O2S/c1-6-2-3-7-8(4-6)16(14)9(5-15-7)10(11,12)13/h2-4,9H,5H2,1H3/t9-,16-/m1/s1. The van der Waals surface area contributed by atoms with Gasteiger partial charge in [-0.2, -0.15) is 13.2 Å². The van der Waals surface area contributed by atoms with Crippen LogP contribution in [0.1, 0.15) is 5.56 Å². The average molecular weight is 250 g/mol. The van der Waals surface area contributed by atoms with Crippen LogP contribution in [0.25, 0.3) is 0 Å². The van der Waals surface area contributed by atoms with Gasteiger partial charge in [0.1, 0.15) is 12.4 Å². The third-order valence-corrected chi connectivity index (χ3v) is 4.00. The van der Waals surface area contributed by atoms with Crippen LogP contribution in [0.4, 0.5) is 13.2 Å². The number of benzene rings is 1. The molecule has 2 nitrogen and oxygen atoms in total. The summed E-state index contributed by atoms with van der Waals surface area (Å²) < 4.78 is 54.2. The van der Waals surface area contributed by atoms with Crippen molar-refractivity contribution in [1.29, 1.82) is 0 Å². The molecule has 0 fully saturated rings. The van der Waals surface area contributed by atoms with E-state index in [-0.39, 0.29) is 10.6 Å². The first-order valence-electron chi connectivity index (χ1n) is 4.60. The van der Waals surface area contributed by atoms with Crippen LogP contribution in [0.3, 0.4) is 0 Å². The number of aryl methyl sites for hydroxylation is 1. The van der Waals surface area contributed by atoms with Gasteiger partial charge in [-0.25, -0.2) is 0 Å². The molecule has 0 radical (unpaired) electrons. The summed E-state index contributed by atoms with van der Waals surface area (Å²) in [6.45, 7) is 1.15. The molecule has 2 atom stereocenters. The molecular weight excluding hydrogens is 241 g/mol. The van der Waals surface area contributed by atoms with E-state index in [4.69, 9.17) is 4.74 Å². The first-order valence-corrected chi connectivity index (χ1v) is 5.81. The molecule has 1 heterocycles. The topological polar surface area (TPSA) is 26.3 Å². The maximum atomic E-state index is 12.5. The van der Waals surface area contributed by atoms with Crippen LogP contribution in [0.5, 0.6) is 5.75 Å². The predicted molar refractivity (Wildman–Crippen MR) is 52.9 cm³/mol. The maximum Gasteiger partial charge on any atom is 0.406 e. The van der Waals surface area contributed by atoms with Crippen LogP contribution < -0.4 is 4.74 Å². The number of halogens is 3. The Morgan fingerprint density at radius 1 is 1.44 bits per heavy atom. The molecule has 16 heavy (non-hydrogen) atoms. The van der Waals surface area contributed by atoms with Crippen LogP contribution in [0.2, 0.25) is 0 Å². The lowest BCUT2D eigenvalue weighted by molar-refractivity contribution is -0.135. The molecule has 88 valence electrons. The first-order chi connectivity index (χ1) is 7.39. The number of alkyl halides is 3. The normalized spacial score (nSPS) is 24.8. The van der Waals surface area contributed by atoms with E-state index in [1.54, 1.807) is 19.1 Å². The van der Waals surface area contributed by atoms with Crippen molar-refractivity contribution in [3.05, 3.63) is 23.8 Å². The van der Waals surface area contributed by atoms with E-state index in [1.165, 1.54) is 6.07 Å². The summed E-state index contributed by atoms with van der Waals surface area (Å²) in [6.07, 6.45) is -4.49. The van der Waals surface area contributed by atoms with Crippen molar-refractivity contribution in [2.75, 3.05) is 6.61 Å². The van der Waals surface area contributed by atoms with Gasteiger partial charge in [0.15, 0.2) is 5.25 Å². The maximum absolute atomic E-state index is 12.5. The fourth-order valence-corrected chi connectivity index (χ4v) is 2.86. The van der Waals surface area contributed by atoms with Crippen LogP contribution in [-0.2, 0) is 10.8 Å². The van der Waals surface area contributed by atoms with E-state index in [9.17, 15) is 17.4 Å². The average Bonchev–Trinajstić information content (AvgIpc) is 2.17. The molecule has 1 aromatic rings. The molecule has 1 aliphatic rings. The molecule has 0 N–H and O–H groups in total. The number of ether oxygens (including phenoxy) is 1. The minimum absolute atomic E-state index is 0.133. The van der Waals surface area contributed by atoms with Gasteiger partial charge in [0, 0.05) is 0 Å². The zero-order valence-corrected chi connectivity index (χ0v) is 9.19. The lowest BCUT2D eigenvalue weighted by Crippen LogP contribution is -2.41. The minimum atomic E-state index is -4.49. The summed E-state index contributed by atoms with van der Waals surface area (Å²) in [5.74, 6) is 0.282. The molecular formula is C10H9F3O2S. The second kappa shape index (κ2) is 3.76. The minimum Gasteiger partial charge on any atom is -0.491 e. The fourth-order valence-electron chi connectivity index (χ4n) is 1.49. The van der Waals surface area contributed by atoms with E-state index in [1.807, 2.05) is 0 Å². The highest BCUT2D eigenvalue weighted by Gasteiger charge is 2.47. The molecule has 0 amide bonds. The largest absolute Gasteiger partial charge is 0.491 e. The van der Waals surface area contributed by atoms with Crippen molar-refractivity contribution in [3.8, 4) is 5.75 Å². The predicted octanol–water partition coefficient (Wildman–Crippen LogP) is 2.43. The third kappa shape index (κ3) is 1.93. The van der Waals surface area contributed by atoms with Gasteiger partial charge in [0.2, 0.25) is 0 Å². The molecule has 2 rings (SSSR count). The lowest BCUT2D eigenvalue weighted by Gasteiger charge is -2.26. The SMILES string of the molecule is Cc1ccc2c(c1)[S@@](=O)[C@@H](C(F)(F)F)CO2. The molecule has 0 bridgehead atoms. The molecule has 0 aliphatic carbocycles. The summed E-state index contributed by atoms with van der Waals surface area (Å²) in [7, 11) is -2.08. The summed E-state index contributed by atoms with van der Waals surface area (Å²) in [5.41, 5.74) is 0.763.